The molecule has 156 valence electrons. The predicted octanol–water partition coefficient (Wildman–Crippen LogP) is 3.04. The molecule has 0 bridgehead atoms. The molecule has 1 aliphatic heterocycles. The Morgan fingerprint density at radius 1 is 1.07 bits per heavy atom. The minimum atomic E-state index is -0.0729. The van der Waals surface area contributed by atoms with E-state index < -0.39 is 0 Å². The van der Waals surface area contributed by atoms with Crippen molar-refractivity contribution in [3.63, 3.8) is 0 Å². The quantitative estimate of drug-likeness (QED) is 0.593. The van der Waals surface area contributed by atoms with E-state index in [1.165, 1.54) is 0 Å². The standard InChI is InChI=1S/C22H23N3O5/c1-2-28-17-9-7-16(8-10-17)22-23-21(24-30-22)18-5-3-4-6-19(18)29-15-20(26)25-11-13-27-14-12-25/h3-10H,2,11-15H2,1H3. The van der Waals surface area contributed by atoms with Gasteiger partial charge in [0.1, 0.15) is 11.5 Å². The molecule has 2 aromatic carbocycles. The van der Waals surface area contributed by atoms with Gasteiger partial charge in [-0.05, 0) is 43.3 Å². The zero-order valence-electron chi connectivity index (χ0n) is 16.7. The van der Waals surface area contributed by atoms with E-state index in [2.05, 4.69) is 10.1 Å². The molecular formula is C22H23N3O5. The highest BCUT2D eigenvalue weighted by atomic mass is 16.5. The molecule has 1 aromatic heterocycles. The Morgan fingerprint density at radius 3 is 2.60 bits per heavy atom. The number of benzene rings is 2. The fourth-order valence-corrected chi connectivity index (χ4v) is 3.13. The molecular weight excluding hydrogens is 386 g/mol. The molecule has 0 atom stereocenters. The van der Waals surface area contributed by atoms with Crippen LogP contribution in [0.1, 0.15) is 6.92 Å². The molecule has 8 nitrogen and oxygen atoms in total. The first-order chi connectivity index (χ1) is 14.7. The molecule has 1 fully saturated rings. The van der Waals surface area contributed by atoms with Crippen molar-refractivity contribution in [1.29, 1.82) is 0 Å². The van der Waals surface area contributed by atoms with Gasteiger partial charge in [-0.1, -0.05) is 17.3 Å². The average Bonchev–Trinajstić information content (AvgIpc) is 3.29. The number of amides is 1. The Hall–Kier alpha value is -3.39. The lowest BCUT2D eigenvalue weighted by molar-refractivity contribution is -0.137. The largest absolute Gasteiger partial charge is 0.494 e. The van der Waals surface area contributed by atoms with Crippen LogP contribution in [-0.2, 0) is 9.53 Å². The van der Waals surface area contributed by atoms with Gasteiger partial charge in [0.2, 0.25) is 5.82 Å². The van der Waals surface area contributed by atoms with Crippen LogP contribution in [0.3, 0.4) is 0 Å². The van der Waals surface area contributed by atoms with Crippen molar-refractivity contribution in [3.8, 4) is 34.3 Å². The molecule has 2 heterocycles. The van der Waals surface area contributed by atoms with Gasteiger partial charge >= 0.3 is 0 Å². The van der Waals surface area contributed by atoms with Crippen molar-refractivity contribution >= 4 is 5.91 Å². The molecule has 3 aromatic rings. The maximum absolute atomic E-state index is 12.4. The van der Waals surface area contributed by atoms with Crippen LogP contribution in [-0.4, -0.2) is 60.5 Å². The van der Waals surface area contributed by atoms with Crippen molar-refractivity contribution in [2.45, 2.75) is 6.92 Å². The number of ether oxygens (including phenoxy) is 3. The number of morpholine rings is 1. The van der Waals surface area contributed by atoms with Crippen molar-refractivity contribution in [3.05, 3.63) is 48.5 Å². The van der Waals surface area contributed by atoms with Gasteiger partial charge < -0.3 is 23.6 Å². The normalized spacial score (nSPS) is 13.8. The summed E-state index contributed by atoms with van der Waals surface area (Å²) in [5.41, 5.74) is 1.45. The molecule has 0 N–H and O–H groups in total. The average molecular weight is 409 g/mol. The van der Waals surface area contributed by atoms with Crippen molar-refractivity contribution < 1.29 is 23.5 Å². The van der Waals surface area contributed by atoms with Gasteiger partial charge in [0, 0.05) is 18.7 Å². The minimum Gasteiger partial charge on any atom is -0.494 e. The summed E-state index contributed by atoms with van der Waals surface area (Å²) < 4.78 is 22.0. The highest BCUT2D eigenvalue weighted by Crippen LogP contribution is 2.30. The van der Waals surface area contributed by atoms with Gasteiger partial charge in [-0.15, -0.1) is 0 Å². The fourth-order valence-electron chi connectivity index (χ4n) is 3.13. The Bertz CT molecular complexity index is 980. The third-order valence-corrected chi connectivity index (χ3v) is 4.68. The van der Waals surface area contributed by atoms with Gasteiger partial charge in [0.25, 0.3) is 11.8 Å². The number of hydrogen-bond donors (Lipinski definition) is 0. The van der Waals surface area contributed by atoms with Gasteiger partial charge in [0.15, 0.2) is 6.61 Å². The van der Waals surface area contributed by atoms with Crippen LogP contribution in [0.4, 0.5) is 0 Å². The molecule has 8 heteroatoms. The summed E-state index contributed by atoms with van der Waals surface area (Å²) in [6.45, 7) is 4.76. The first-order valence-corrected chi connectivity index (χ1v) is 9.89. The molecule has 1 saturated heterocycles. The topological polar surface area (TPSA) is 86.9 Å². The van der Waals surface area contributed by atoms with E-state index in [-0.39, 0.29) is 12.5 Å². The van der Waals surface area contributed by atoms with Crippen LogP contribution in [0.2, 0.25) is 0 Å². The summed E-state index contributed by atoms with van der Waals surface area (Å²) in [5, 5.41) is 4.09. The Labute approximate surface area is 174 Å². The van der Waals surface area contributed by atoms with E-state index in [0.29, 0.717) is 55.9 Å². The molecule has 4 rings (SSSR count). The van der Waals surface area contributed by atoms with E-state index in [1.54, 1.807) is 11.0 Å². The van der Waals surface area contributed by atoms with Crippen LogP contribution in [0, 0.1) is 0 Å². The number of nitrogens with zero attached hydrogens (tertiary/aromatic N) is 3. The molecule has 0 radical (unpaired) electrons. The highest BCUT2D eigenvalue weighted by molar-refractivity contribution is 5.78. The van der Waals surface area contributed by atoms with E-state index in [9.17, 15) is 4.79 Å². The van der Waals surface area contributed by atoms with Crippen molar-refractivity contribution in [2.75, 3.05) is 39.5 Å². The van der Waals surface area contributed by atoms with E-state index in [4.69, 9.17) is 18.7 Å². The number of rotatable bonds is 7. The lowest BCUT2D eigenvalue weighted by Gasteiger charge is -2.26. The minimum absolute atomic E-state index is 0.0549. The van der Waals surface area contributed by atoms with Crippen molar-refractivity contribution in [2.24, 2.45) is 0 Å². The second-order valence-corrected chi connectivity index (χ2v) is 6.66. The number of para-hydroxylation sites is 1. The number of carbonyl (C=O) groups excluding carboxylic acids is 1. The zero-order valence-corrected chi connectivity index (χ0v) is 16.7. The summed E-state index contributed by atoms with van der Waals surface area (Å²) in [6.07, 6.45) is 0. The van der Waals surface area contributed by atoms with Crippen LogP contribution in [0.5, 0.6) is 11.5 Å². The smallest absolute Gasteiger partial charge is 0.260 e. The lowest BCUT2D eigenvalue weighted by atomic mass is 10.2. The third kappa shape index (κ3) is 4.60. The maximum Gasteiger partial charge on any atom is 0.260 e. The molecule has 1 aliphatic rings. The molecule has 0 saturated carbocycles. The van der Waals surface area contributed by atoms with Crippen LogP contribution in [0.25, 0.3) is 22.8 Å². The monoisotopic (exact) mass is 409 g/mol. The molecule has 1 amide bonds. The van der Waals surface area contributed by atoms with Crippen LogP contribution in [0.15, 0.2) is 53.1 Å². The maximum atomic E-state index is 12.4. The molecule has 0 unspecified atom stereocenters. The number of carbonyl (C=O) groups is 1. The first kappa shape index (κ1) is 19.9. The highest BCUT2D eigenvalue weighted by Gasteiger charge is 2.19. The number of hydrogen-bond acceptors (Lipinski definition) is 7. The second kappa shape index (κ2) is 9.41. The van der Waals surface area contributed by atoms with Crippen LogP contribution < -0.4 is 9.47 Å². The summed E-state index contributed by atoms with van der Waals surface area (Å²) in [7, 11) is 0. The fraction of sp³-hybridized carbons (Fsp3) is 0.318. The molecule has 0 spiro atoms. The van der Waals surface area contributed by atoms with Crippen LogP contribution >= 0.6 is 0 Å². The Balaban J connectivity index is 1.47. The number of aromatic nitrogens is 2. The third-order valence-electron chi connectivity index (χ3n) is 4.68. The van der Waals surface area contributed by atoms with Crippen molar-refractivity contribution in [1.82, 2.24) is 15.0 Å². The summed E-state index contributed by atoms with van der Waals surface area (Å²) >= 11 is 0. The predicted molar refractivity (Wildman–Crippen MR) is 109 cm³/mol. The summed E-state index contributed by atoms with van der Waals surface area (Å²) in [4.78, 5) is 18.6. The lowest BCUT2D eigenvalue weighted by Crippen LogP contribution is -2.43. The first-order valence-electron chi connectivity index (χ1n) is 9.89. The van der Waals surface area contributed by atoms with E-state index in [1.807, 2.05) is 49.4 Å². The summed E-state index contributed by atoms with van der Waals surface area (Å²) in [6, 6.07) is 14.8. The van der Waals surface area contributed by atoms with E-state index in [0.717, 1.165) is 11.3 Å². The Kier molecular flexibility index (Phi) is 6.24. The second-order valence-electron chi connectivity index (χ2n) is 6.66. The van der Waals surface area contributed by atoms with Gasteiger partial charge in [0.05, 0.1) is 25.4 Å². The SMILES string of the molecule is CCOc1ccc(-c2nc(-c3ccccc3OCC(=O)N3CCOCC3)no2)cc1. The van der Waals surface area contributed by atoms with E-state index >= 15 is 0 Å². The molecule has 0 aliphatic carbocycles. The van der Waals surface area contributed by atoms with Gasteiger partial charge in [-0.3, -0.25) is 4.79 Å². The molecule has 30 heavy (non-hydrogen) atoms. The summed E-state index contributed by atoms with van der Waals surface area (Å²) in [5.74, 6) is 2.03. The van der Waals surface area contributed by atoms with Gasteiger partial charge in [-0.2, -0.15) is 4.98 Å². The zero-order chi connectivity index (χ0) is 20.8. The Morgan fingerprint density at radius 2 is 1.83 bits per heavy atom. The van der Waals surface area contributed by atoms with Gasteiger partial charge in [-0.25, -0.2) is 0 Å².